The quantitative estimate of drug-likeness (QED) is 0.783. The highest BCUT2D eigenvalue weighted by Gasteiger charge is 2.43. The lowest BCUT2D eigenvalue weighted by Gasteiger charge is -2.49. The van der Waals surface area contributed by atoms with Crippen molar-refractivity contribution in [3.8, 4) is 0 Å². The molecule has 0 spiro atoms. The van der Waals surface area contributed by atoms with Crippen LogP contribution in [0.4, 0.5) is 18.9 Å². The number of nitrogens with one attached hydrogen (secondary N) is 1. The molecule has 3 heterocycles. The van der Waals surface area contributed by atoms with E-state index in [1.54, 1.807) is 0 Å². The van der Waals surface area contributed by atoms with E-state index in [-0.39, 0.29) is 24.3 Å². The second-order valence-corrected chi connectivity index (χ2v) is 8.63. The third-order valence-electron chi connectivity index (χ3n) is 6.63. The Labute approximate surface area is 180 Å². The zero-order valence-corrected chi connectivity index (χ0v) is 17.7. The highest BCUT2D eigenvalue weighted by Crippen LogP contribution is 2.39. The number of piperazine rings is 1. The zero-order chi connectivity index (χ0) is 22.2. The van der Waals surface area contributed by atoms with Gasteiger partial charge in [-0.15, -0.1) is 0 Å². The topological polar surface area (TPSA) is 55.9 Å². The summed E-state index contributed by atoms with van der Waals surface area (Å²) in [6, 6.07) is 3.66. The van der Waals surface area contributed by atoms with Gasteiger partial charge >= 0.3 is 6.18 Å². The molecule has 31 heavy (non-hydrogen) atoms. The molecule has 0 aliphatic carbocycles. The highest BCUT2D eigenvalue weighted by molar-refractivity contribution is 5.82. The summed E-state index contributed by atoms with van der Waals surface area (Å²) >= 11 is 0. The van der Waals surface area contributed by atoms with Crippen molar-refractivity contribution in [3.05, 3.63) is 29.3 Å². The van der Waals surface area contributed by atoms with Gasteiger partial charge in [0.25, 0.3) is 0 Å². The first kappa shape index (κ1) is 21.9. The number of amides is 2. The lowest BCUT2D eigenvalue weighted by atomic mass is 9.82. The van der Waals surface area contributed by atoms with E-state index in [0.717, 1.165) is 37.7 Å². The van der Waals surface area contributed by atoms with E-state index in [2.05, 4.69) is 15.1 Å². The first-order chi connectivity index (χ1) is 14.8. The van der Waals surface area contributed by atoms with Crippen LogP contribution in [0.25, 0.3) is 0 Å². The third-order valence-corrected chi connectivity index (χ3v) is 6.63. The molecule has 3 aliphatic heterocycles. The molecule has 3 aliphatic rings. The summed E-state index contributed by atoms with van der Waals surface area (Å²) in [6.07, 6.45) is -2.07. The minimum Gasteiger partial charge on any atom is -0.365 e. The molecule has 0 aromatic heterocycles. The second-order valence-electron chi connectivity index (χ2n) is 8.63. The predicted molar refractivity (Wildman–Crippen MR) is 111 cm³/mol. The Morgan fingerprint density at radius 3 is 2.55 bits per heavy atom. The monoisotopic (exact) mass is 438 g/mol. The van der Waals surface area contributed by atoms with E-state index in [1.165, 1.54) is 12.1 Å². The van der Waals surface area contributed by atoms with Crippen molar-refractivity contribution in [1.29, 1.82) is 0 Å². The summed E-state index contributed by atoms with van der Waals surface area (Å²) in [4.78, 5) is 31.5. The van der Waals surface area contributed by atoms with Gasteiger partial charge in [-0.3, -0.25) is 14.5 Å². The Balaban J connectivity index is 1.57. The molecule has 2 saturated heterocycles. The van der Waals surface area contributed by atoms with Crippen molar-refractivity contribution >= 4 is 17.5 Å². The summed E-state index contributed by atoms with van der Waals surface area (Å²) in [5.74, 6) is -0.486. The van der Waals surface area contributed by atoms with Gasteiger partial charge in [-0.25, -0.2) is 0 Å². The molecular formula is C22H29F3N4O2. The zero-order valence-electron chi connectivity index (χ0n) is 17.7. The molecule has 170 valence electrons. The summed E-state index contributed by atoms with van der Waals surface area (Å²) in [5, 5.41) is 2.84. The number of halogens is 3. The Morgan fingerprint density at radius 1 is 1.13 bits per heavy atom. The maximum Gasteiger partial charge on any atom is 0.416 e. The van der Waals surface area contributed by atoms with Crippen LogP contribution in [0.3, 0.4) is 0 Å². The SMILES string of the molecule is CCNC(=O)C1Cc2cc(C(F)(F)F)ccc2N2CCN(CC(=O)N3CCCC3)CC12. The molecule has 9 heteroatoms. The van der Waals surface area contributed by atoms with E-state index >= 15 is 0 Å². The number of hydrogen-bond donors (Lipinski definition) is 1. The van der Waals surface area contributed by atoms with E-state index in [0.29, 0.717) is 38.3 Å². The Morgan fingerprint density at radius 2 is 1.87 bits per heavy atom. The molecule has 2 unspecified atom stereocenters. The Bertz CT molecular complexity index is 839. The summed E-state index contributed by atoms with van der Waals surface area (Å²) in [7, 11) is 0. The van der Waals surface area contributed by atoms with Crippen molar-refractivity contribution in [2.45, 2.75) is 38.4 Å². The largest absolute Gasteiger partial charge is 0.416 e. The van der Waals surface area contributed by atoms with Crippen LogP contribution in [0.1, 0.15) is 30.9 Å². The van der Waals surface area contributed by atoms with E-state index in [4.69, 9.17) is 0 Å². The van der Waals surface area contributed by atoms with Crippen LogP contribution in [0.5, 0.6) is 0 Å². The number of likely N-dealkylation sites (tertiary alicyclic amines) is 1. The highest BCUT2D eigenvalue weighted by atomic mass is 19.4. The first-order valence-electron chi connectivity index (χ1n) is 11.0. The molecule has 2 fully saturated rings. The fourth-order valence-corrected chi connectivity index (χ4v) is 5.07. The Hall–Kier alpha value is -2.29. The normalized spacial score (nSPS) is 24.0. The molecule has 1 aromatic rings. The van der Waals surface area contributed by atoms with Gasteiger partial charge in [-0.05, 0) is 49.9 Å². The number of alkyl halides is 3. The molecule has 1 N–H and O–H groups in total. The molecule has 1 aromatic carbocycles. The molecule has 0 radical (unpaired) electrons. The van der Waals surface area contributed by atoms with Crippen LogP contribution >= 0.6 is 0 Å². The van der Waals surface area contributed by atoms with Crippen LogP contribution in [0.2, 0.25) is 0 Å². The van der Waals surface area contributed by atoms with Gasteiger partial charge < -0.3 is 15.1 Å². The van der Waals surface area contributed by atoms with Gasteiger partial charge in [0.05, 0.1) is 24.1 Å². The van der Waals surface area contributed by atoms with Crippen LogP contribution in [-0.4, -0.2) is 73.5 Å². The lowest BCUT2D eigenvalue weighted by Crippen LogP contribution is -2.62. The smallest absolute Gasteiger partial charge is 0.365 e. The average molecular weight is 438 g/mol. The standard InChI is InChI=1S/C22H29F3N4O2/c1-2-26-21(31)17-12-15-11-16(22(23,24)25)5-6-18(15)29-10-9-27(13-19(17)29)14-20(30)28-7-3-4-8-28/h5-6,11,17,19H,2-4,7-10,12-14H2,1H3,(H,26,31). The number of carbonyl (C=O) groups is 2. The lowest BCUT2D eigenvalue weighted by molar-refractivity contribution is -0.137. The molecule has 4 rings (SSSR count). The number of anilines is 1. The minimum atomic E-state index is -4.41. The number of nitrogens with zero attached hydrogens (tertiary/aromatic N) is 3. The average Bonchev–Trinajstić information content (AvgIpc) is 3.27. The van der Waals surface area contributed by atoms with Gasteiger partial charge in [0.1, 0.15) is 0 Å². The summed E-state index contributed by atoms with van der Waals surface area (Å²) in [6.45, 7) is 5.99. The fraction of sp³-hybridized carbons (Fsp3) is 0.636. The predicted octanol–water partition coefficient (Wildman–Crippen LogP) is 2.13. The number of carbonyl (C=O) groups excluding carboxylic acids is 2. The Kier molecular flexibility index (Phi) is 6.14. The summed E-state index contributed by atoms with van der Waals surface area (Å²) < 4.78 is 39.7. The maximum absolute atomic E-state index is 13.2. The van der Waals surface area contributed by atoms with Crippen molar-refractivity contribution in [3.63, 3.8) is 0 Å². The minimum absolute atomic E-state index is 0.117. The number of rotatable bonds is 4. The van der Waals surface area contributed by atoms with Gasteiger partial charge in [0.15, 0.2) is 0 Å². The van der Waals surface area contributed by atoms with Crippen LogP contribution in [-0.2, 0) is 22.2 Å². The van der Waals surface area contributed by atoms with E-state index in [9.17, 15) is 22.8 Å². The first-order valence-corrected chi connectivity index (χ1v) is 11.0. The molecule has 6 nitrogen and oxygen atoms in total. The fourth-order valence-electron chi connectivity index (χ4n) is 5.07. The summed E-state index contributed by atoms with van der Waals surface area (Å²) in [5.41, 5.74) is 0.641. The molecule has 0 bridgehead atoms. The maximum atomic E-state index is 13.2. The van der Waals surface area contributed by atoms with Crippen LogP contribution < -0.4 is 10.2 Å². The number of fused-ring (bicyclic) bond motifs is 3. The number of benzene rings is 1. The van der Waals surface area contributed by atoms with Gasteiger partial charge in [-0.1, -0.05) is 0 Å². The van der Waals surface area contributed by atoms with Crippen molar-refractivity contribution in [2.75, 3.05) is 50.7 Å². The molecule has 0 saturated carbocycles. The van der Waals surface area contributed by atoms with Gasteiger partial charge in [0.2, 0.25) is 11.8 Å². The van der Waals surface area contributed by atoms with Crippen LogP contribution in [0.15, 0.2) is 18.2 Å². The third kappa shape index (κ3) is 4.51. The van der Waals surface area contributed by atoms with E-state index in [1.807, 2.05) is 11.8 Å². The second kappa shape index (κ2) is 8.68. The molecular weight excluding hydrogens is 409 g/mol. The van der Waals surface area contributed by atoms with Gasteiger partial charge in [-0.2, -0.15) is 13.2 Å². The van der Waals surface area contributed by atoms with E-state index < -0.39 is 17.7 Å². The van der Waals surface area contributed by atoms with Crippen molar-refractivity contribution in [2.24, 2.45) is 5.92 Å². The molecule has 2 atom stereocenters. The van der Waals surface area contributed by atoms with Gasteiger partial charge in [0, 0.05) is 45.0 Å². The van der Waals surface area contributed by atoms with Crippen LogP contribution in [0, 0.1) is 5.92 Å². The number of hydrogen-bond acceptors (Lipinski definition) is 4. The van der Waals surface area contributed by atoms with Crippen molar-refractivity contribution in [1.82, 2.24) is 15.1 Å². The molecule has 2 amide bonds. The van der Waals surface area contributed by atoms with Crippen molar-refractivity contribution < 1.29 is 22.8 Å².